The summed E-state index contributed by atoms with van der Waals surface area (Å²) in [5.41, 5.74) is 0.353. The van der Waals surface area contributed by atoms with Crippen molar-refractivity contribution in [3.05, 3.63) is 35.7 Å². The molecule has 0 amide bonds. The Morgan fingerprint density at radius 3 is 2.85 bits per heavy atom. The maximum absolute atomic E-state index is 12.0. The van der Waals surface area contributed by atoms with Gasteiger partial charge in [-0.05, 0) is 19.1 Å². The van der Waals surface area contributed by atoms with E-state index in [1.807, 2.05) is 0 Å². The van der Waals surface area contributed by atoms with Crippen LogP contribution < -0.4 is 4.72 Å². The zero-order valence-corrected chi connectivity index (χ0v) is 11.5. The first-order valence-electron chi connectivity index (χ1n) is 5.82. The highest BCUT2D eigenvalue weighted by molar-refractivity contribution is 7.89. The fourth-order valence-electron chi connectivity index (χ4n) is 1.55. The number of H-pyrrole nitrogens is 1. The topological polar surface area (TPSA) is 118 Å². The Bertz CT molecular complexity index is 697. The van der Waals surface area contributed by atoms with E-state index < -0.39 is 10.0 Å². The Kier molecular flexibility index (Phi) is 4.20. The van der Waals surface area contributed by atoms with Gasteiger partial charge in [0.15, 0.2) is 11.6 Å². The number of aromatic amines is 1. The quantitative estimate of drug-likeness (QED) is 0.720. The summed E-state index contributed by atoms with van der Waals surface area (Å²) in [5, 5.41) is 13.1. The van der Waals surface area contributed by atoms with Crippen LogP contribution in [0.2, 0.25) is 0 Å². The minimum Gasteiger partial charge on any atom is -0.295 e. The summed E-state index contributed by atoms with van der Waals surface area (Å²) in [6.45, 7) is 1.53. The predicted molar refractivity (Wildman–Crippen MR) is 69.5 cm³/mol. The molecule has 0 aliphatic rings. The molecule has 1 heterocycles. The number of sulfonamides is 1. The van der Waals surface area contributed by atoms with Crippen LogP contribution in [0.25, 0.3) is 0 Å². The minimum atomic E-state index is -3.66. The maximum Gasteiger partial charge on any atom is 0.240 e. The molecule has 20 heavy (non-hydrogen) atoms. The predicted octanol–water partition coefficient (Wildman–Crippen LogP) is -0.0767. The van der Waals surface area contributed by atoms with Gasteiger partial charge in [-0.2, -0.15) is 5.21 Å². The molecule has 0 bridgehead atoms. The van der Waals surface area contributed by atoms with Crippen LogP contribution in [0.1, 0.15) is 23.1 Å². The van der Waals surface area contributed by atoms with Gasteiger partial charge < -0.3 is 0 Å². The second-order valence-corrected chi connectivity index (χ2v) is 5.83. The van der Waals surface area contributed by atoms with Gasteiger partial charge in [0.25, 0.3) is 0 Å². The molecule has 2 aromatic rings. The van der Waals surface area contributed by atoms with Crippen molar-refractivity contribution in [1.29, 1.82) is 0 Å². The van der Waals surface area contributed by atoms with Gasteiger partial charge in [0.2, 0.25) is 10.0 Å². The molecule has 106 valence electrons. The third kappa shape index (κ3) is 3.45. The van der Waals surface area contributed by atoms with Gasteiger partial charge in [-0.3, -0.25) is 4.79 Å². The normalized spacial score (nSPS) is 11.4. The summed E-state index contributed by atoms with van der Waals surface area (Å²) >= 11 is 0. The lowest BCUT2D eigenvalue weighted by Gasteiger charge is -2.06. The van der Waals surface area contributed by atoms with Crippen LogP contribution in [-0.4, -0.2) is 41.4 Å². The van der Waals surface area contributed by atoms with Crippen LogP contribution in [-0.2, 0) is 16.4 Å². The highest BCUT2D eigenvalue weighted by atomic mass is 32.2. The van der Waals surface area contributed by atoms with E-state index in [4.69, 9.17) is 0 Å². The number of carbonyl (C=O) groups is 1. The summed E-state index contributed by atoms with van der Waals surface area (Å²) in [7, 11) is -3.66. The molecule has 0 spiro atoms. The molecule has 0 saturated heterocycles. The van der Waals surface area contributed by atoms with E-state index in [-0.39, 0.29) is 17.2 Å². The SMILES string of the molecule is CC(=O)c1cccc(S(=O)(=O)NCCc2nn[nH]n2)c1. The molecule has 0 radical (unpaired) electrons. The zero-order valence-electron chi connectivity index (χ0n) is 10.7. The van der Waals surface area contributed by atoms with E-state index in [1.54, 1.807) is 6.07 Å². The van der Waals surface area contributed by atoms with Gasteiger partial charge in [-0.25, -0.2) is 13.1 Å². The summed E-state index contributed by atoms with van der Waals surface area (Å²) in [4.78, 5) is 11.3. The summed E-state index contributed by atoms with van der Waals surface area (Å²) in [6, 6.07) is 5.88. The van der Waals surface area contributed by atoms with Crippen molar-refractivity contribution in [1.82, 2.24) is 25.3 Å². The number of aromatic nitrogens is 4. The Morgan fingerprint density at radius 1 is 1.40 bits per heavy atom. The van der Waals surface area contributed by atoms with Gasteiger partial charge in [0.1, 0.15) is 0 Å². The van der Waals surface area contributed by atoms with Crippen LogP contribution in [0, 0.1) is 0 Å². The smallest absolute Gasteiger partial charge is 0.240 e. The molecule has 0 atom stereocenters. The zero-order chi connectivity index (χ0) is 14.6. The van der Waals surface area contributed by atoms with Crippen molar-refractivity contribution in [3.63, 3.8) is 0 Å². The van der Waals surface area contributed by atoms with Crippen LogP contribution >= 0.6 is 0 Å². The molecule has 0 aliphatic carbocycles. The third-order valence-electron chi connectivity index (χ3n) is 2.58. The molecule has 0 unspecified atom stereocenters. The number of rotatable bonds is 6. The Balaban J connectivity index is 2.06. The molecule has 0 saturated carbocycles. The number of carbonyl (C=O) groups excluding carboxylic acids is 1. The van der Waals surface area contributed by atoms with Crippen molar-refractivity contribution in [2.24, 2.45) is 0 Å². The number of hydrogen-bond donors (Lipinski definition) is 2. The molecule has 8 nitrogen and oxygen atoms in total. The minimum absolute atomic E-state index is 0.0540. The fraction of sp³-hybridized carbons (Fsp3) is 0.273. The first-order valence-corrected chi connectivity index (χ1v) is 7.30. The van der Waals surface area contributed by atoms with Gasteiger partial charge in [-0.15, -0.1) is 10.2 Å². The summed E-state index contributed by atoms with van der Waals surface area (Å²) < 4.78 is 26.5. The molecule has 9 heteroatoms. The van der Waals surface area contributed by atoms with E-state index in [2.05, 4.69) is 25.3 Å². The molecule has 0 aliphatic heterocycles. The molecule has 0 fully saturated rings. The molecule has 1 aromatic carbocycles. The summed E-state index contributed by atoms with van der Waals surface area (Å²) in [5.74, 6) is 0.235. The monoisotopic (exact) mass is 295 g/mol. The van der Waals surface area contributed by atoms with Crippen LogP contribution in [0.15, 0.2) is 29.2 Å². The van der Waals surface area contributed by atoms with Gasteiger partial charge >= 0.3 is 0 Å². The van der Waals surface area contributed by atoms with Crippen molar-refractivity contribution >= 4 is 15.8 Å². The molecule has 2 rings (SSSR count). The average Bonchev–Trinajstić information content (AvgIpc) is 2.92. The Morgan fingerprint density at radius 2 is 2.20 bits per heavy atom. The Hall–Kier alpha value is -2.13. The lowest BCUT2D eigenvalue weighted by molar-refractivity contribution is 0.101. The van der Waals surface area contributed by atoms with Gasteiger partial charge in [0.05, 0.1) is 4.90 Å². The standard InChI is InChI=1S/C11H13N5O3S/c1-8(17)9-3-2-4-10(7-9)20(18,19)12-6-5-11-13-15-16-14-11/h2-4,7,12H,5-6H2,1H3,(H,13,14,15,16). The van der Waals surface area contributed by atoms with E-state index in [9.17, 15) is 13.2 Å². The number of nitrogens with zero attached hydrogens (tertiary/aromatic N) is 3. The van der Waals surface area contributed by atoms with E-state index >= 15 is 0 Å². The number of ketones is 1. The molecule has 2 N–H and O–H groups in total. The highest BCUT2D eigenvalue weighted by Gasteiger charge is 2.15. The van der Waals surface area contributed by atoms with Crippen molar-refractivity contribution < 1.29 is 13.2 Å². The third-order valence-corrected chi connectivity index (χ3v) is 4.04. The number of tetrazole rings is 1. The highest BCUT2D eigenvalue weighted by Crippen LogP contribution is 2.11. The fourth-order valence-corrected chi connectivity index (χ4v) is 2.63. The van der Waals surface area contributed by atoms with E-state index in [1.165, 1.54) is 25.1 Å². The number of hydrogen-bond acceptors (Lipinski definition) is 6. The molecular formula is C11H13N5O3S. The molecular weight excluding hydrogens is 282 g/mol. The number of benzene rings is 1. The second kappa shape index (κ2) is 5.88. The molecule has 1 aromatic heterocycles. The van der Waals surface area contributed by atoms with Gasteiger partial charge in [-0.1, -0.05) is 17.3 Å². The average molecular weight is 295 g/mol. The van der Waals surface area contributed by atoms with Crippen molar-refractivity contribution in [2.45, 2.75) is 18.2 Å². The number of nitrogens with one attached hydrogen (secondary N) is 2. The second-order valence-electron chi connectivity index (χ2n) is 4.06. The lowest BCUT2D eigenvalue weighted by atomic mass is 10.2. The Labute approximate surface area is 115 Å². The van der Waals surface area contributed by atoms with Crippen molar-refractivity contribution in [3.8, 4) is 0 Å². The summed E-state index contributed by atoms with van der Waals surface area (Å²) in [6.07, 6.45) is 0.322. The van der Waals surface area contributed by atoms with Crippen molar-refractivity contribution in [2.75, 3.05) is 6.54 Å². The van der Waals surface area contributed by atoms with E-state index in [0.717, 1.165) is 0 Å². The van der Waals surface area contributed by atoms with Crippen LogP contribution in [0.5, 0.6) is 0 Å². The van der Waals surface area contributed by atoms with E-state index in [0.29, 0.717) is 17.8 Å². The lowest BCUT2D eigenvalue weighted by Crippen LogP contribution is -2.26. The van der Waals surface area contributed by atoms with Crippen LogP contribution in [0.3, 0.4) is 0 Å². The van der Waals surface area contributed by atoms with Crippen LogP contribution in [0.4, 0.5) is 0 Å². The maximum atomic E-state index is 12.0. The number of Topliss-reactive ketones (excluding diaryl/α,β-unsaturated/α-hetero) is 1. The van der Waals surface area contributed by atoms with Gasteiger partial charge in [0, 0.05) is 18.5 Å². The first kappa shape index (κ1) is 14.3. The largest absolute Gasteiger partial charge is 0.295 e. The first-order chi connectivity index (χ1) is 9.49.